The van der Waals surface area contributed by atoms with E-state index in [0.717, 1.165) is 24.2 Å². The van der Waals surface area contributed by atoms with Crippen molar-refractivity contribution in [3.8, 4) is 5.75 Å². The van der Waals surface area contributed by atoms with Gasteiger partial charge in [-0.25, -0.2) is 9.97 Å². The highest BCUT2D eigenvalue weighted by atomic mass is 19.1. The smallest absolute Gasteiger partial charge is 0.231 e. The Morgan fingerprint density at radius 1 is 1.30 bits per heavy atom. The standard InChI is InChI=1S/C23H31FN6O3/c1-33-18-6-2-15(3-7-18)11-30(17-4-5-17)23-21(24)22(27-14-28-23)26-10-16-8-9-29(12-19(16)31)13-20(25)32/h2-3,6-7,14,16-17,19,31H,4-5,8-13H2,1H3,(H2,25,32)(H,26,27,28)/t16-,19+/m0/s1. The zero-order chi connectivity index (χ0) is 23.4. The Morgan fingerprint density at radius 2 is 2.06 bits per heavy atom. The molecule has 2 heterocycles. The topological polar surface area (TPSA) is 117 Å². The fourth-order valence-corrected chi connectivity index (χ4v) is 4.25. The Labute approximate surface area is 192 Å². The number of nitrogens with zero attached hydrogens (tertiary/aromatic N) is 4. The first kappa shape index (κ1) is 23.2. The molecule has 0 unspecified atom stereocenters. The van der Waals surface area contributed by atoms with E-state index in [-0.39, 0.29) is 30.1 Å². The predicted octanol–water partition coefficient (Wildman–Crippen LogP) is 1.37. The molecule has 0 spiro atoms. The number of carbonyl (C=O) groups is 1. The summed E-state index contributed by atoms with van der Waals surface area (Å²) >= 11 is 0. The van der Waals surface area contributed by atoms with Crippen molar-refractivity contribution < 1.29 is 19.0 Å². The second-order valence-corrected chi connectivity index (χ2v) is 8.77. The molecule has 4 N–H and O–H groups in total. The number of carbonyl (C=O) groups excluding carboxylic acids is 1. The van der Waals surface area contributed by atoms with E-state index >= 15 is 4.39 Å². The Bertz CT molecular complexity index is 956. The number of primary amides is 1. The highest BCUT2D eigenvalue weighted by Gasteiger charge is 2.33. The van der Waals surface area contributed by atoms with Gasteiger partial charge < -0.3 is 25.8 Å². The van der Waals surface area contributed by atoms with Crippen molar-refractivity contribution in [2.75, 3.05) is 43.5 Å². The lowest BCUT2D eigenvalue weighted by Gasteiger charge is -2.35. The molecule has 2 fully saturated rings. The second-order valence-electron chi connectivity index (χ2n) is 8.77. The number of amides is 1. The molecule has 1 saturated carbocycles. The minimum absolute atomic E-state index is 0.0780. The molecule has 2 aromatic rings. The molecule has 1 aliphatic heterocycles. The lowest BCUT2D eigenvalue weighted by Crippen LogP contribution is -2.48. The first-order chi connectivity index (χ1) is 15.9. The van der Waals surface area contributed by atoms with Gasteiger partial charge in [0.25, 0.3) is 0 Å². The van der Waals surface area contributed by atoms with Crippen molar-refractivity contribution in [1.29, 1.82) is 0 Å². The van der Waals surface area contributed by atoms with Crippen LogP contribution in [0, 0.1) is 11.7 Å². The molecule has 1 aromatic carbocycles. The number of hydrogen-bond donors (Lipinski definition) is 3. The highest BCUT2D eigenvalue weighted by Crippen LogP contribution is 2.35. The third kappa shape index (κ3) is 5.88. The van der Waals surface area contributed by atoms with E-state index in [1.54, 1.807) is 7.11 Å². The van der Waals surface area contributed by atoms with Gasteiger partial charge in [0.05, 0.1) is 19.8 Å². The van der Waals surface area contributed by atoms with Crippen molar-refractivity contribution in [2.24, 2.45) is 11.7 Å². The quantitative estimate of drug-likeness (QED) is 0.489. The SMILES string of the molecule is COc1ccc(CN(c2ncnc(NC[C@@H]3CCN(CC(N)=O)C[C@H]3O)c2F)C2CC2)cc1. The van der Waals surface area contributed by atoms with Gasteiger partial charge in [0.15, 0.2) is 11.6 Å². The van der Waals surface area contributed by atoms with Gasteiger partial charge in [0.2, 0.25) is 11.7 Å². The molecule has 10 heteroatoms. The molecular formula is C23H31FN6O3. The van der Waals surface area contributed by atoms with Crippen molar-refractivity contribution in [3.05, 3.63) is 42.0 Å². The molecule has 1 saturated heterocycles. The van der Waals surface area contributed by atoms with Gasteiger partial charge in [-0.3, -0.25) is 9.69 Å². The van der Waals surface area contributed by atoms with Gasteiger partial charge in [-0.05, 0) is 43.5 Å². The normalized spacial score (nSPS) is 20.9. The Balaban J connectivity index is 1.41. The van der Waals surface area contributed by atoms with E-state index in [4.69, 9.17) is 10.5 Å². The van der Waals surface area contributed by atoms with Crippen LogP contribution in [0.2, 0.25) is 0 Å². The number of methoxy groups -OCH3 is 1. The molecule has 178 valence electrons. The van der Waals surface area contributed by atoms with E-state index in [1.807, 2.05) is 34.1 Å². The number of halogens is 1. The van der Waals surface area contributed by atoms with Crippen molar-refractivity contribution in [3.63, 3.8) is 0 Å². The number of ether oxygens (including phenoxy) is 1. The fraction of sp³-hybridized carbons (Fsp3) is 0.522. The van der Waals surface area contributed by atoms with Gasteiger partial charge in [-0.2, -0.15) is 4.39 Å². The van der Waals surface area contributed by atoms with E-state index in [9.17, 15) is 9.90 Å². The fourth-order valence-electron chi connectivity index (χ4n) is 4.25. The van der Waals surface area contributed by atoms with E-state index < -0.39 is 17.8 Å². The summed E-state index contributed by atoms with van der Waals surface area (Å²) in [6.45, 7) is 2.07. The van der Waals surface area contributed by atoms with Gasteiger partial charge in [-0.1, -0.05) is 12.1 Å². The first-order valence-corrected chi connectivity index (χ1v) is 11.3. The highest BCUT2D eigenvalue weighted by molar-refractivity contribution is 5.75. The zero-order valence-electron chi connectivity index (χ0n) is 18.8. The van der Waals surface area contributed by atoms with Crippen LogP contribution in [-0.2, 0) is 11.3 Å². The lowest BCUT2D eigenvalue weighted by molar-refractivity contribution is -0.120. The number of aliphatic hydroxyl groups is 1. The van der Waals surface area contributed by atoms with Crippen LogP contribution in [0.1, 0.15) is 24.8 Å². The maximum Gasteiger partial charge on any atom is 0.231 e. The molecule has 33 heavy (non-hydrogen) atoms. The van der Waals surface area contributed by atoms with Gasteiger partial charge >= 0.3 is 0 Å². The van der Waals surface area contributed by atoms with Crippen LogP contribution in [0.15, 0.2) is 30.6 Å². The molecule has 1 aromatic heterocycles. The molecule has 0 bridgehead atoms. The first-order valence-electron chi connectivity index (χ1n) is 11.3. The number of β-amino-alcohol motifs (C(OH)–C–C–N with tert-alkyl or cyclic N) is 1. The van der Waals surface area contributed by atoms with Crippen LogP contribution in [0.4, 0.5) is 16.0 Å². The monoisotopic (exact) mass is 458 g/mol. The molecule has 2 aliphatic rings. The van der Waals surface area contributed by atoms with Crippen LogP contribution in [-0.4, -0.2) is 71.3 Å². The number of hydrogen-bond acceptors (Lipinski definition) is 8. The van der Waals surface area contributed by atoms with Crippen molar-refractivity contribution in [2.45, 2.75) is 38.0 Å². The number of nitrogens with two attached hydrogens (primary N) is 1. The maximum atomic E-state index is 15.4. The van der Waals surface area contributed by atoms with Crippen LogP contribution < -0.4 is 20.7 Å². The summed E-state index contributed by atoms with van der Waals surface area (Å²) < 4.78 is 20.6. The van der Waals surface area contributed by atoms with E-state index in [0.29, 0.717) is 32.6 Å². The molecule has 0 radical (unpaired) electrons. The number of aliphatic hydroxyl groups excluding tert-OH is 1. The Hall–Kier alpha value is -2.98. The van der Waals surface area contributed by atoms with Gasteiger partial charge in [0, 0.05) is 31.6 Å². The van der Waals surface area contributed by atoms with Crippen molar-refractivity contribution >= 4 is 17.5 Å². The summed E-state index contributed by atoms with van der Waals surface area (Å²) in [6, 6.07) is 7.98. The summed E-state index contributed by atoms with van der Waals surface area (Å²) in [5.41, 5.74) is 6.28. The summed E-state index contributed by atoms with van der Waals surface area (Å²) in [5, 5.41) is 13.5. The van der Waals surface area contributed by atoms with Gasteiger partial charge in [0.1, 0.15) is 12.1 Å². The predicted molar refractivity (Wildman–Crippen MR) is 122 cm³/mol. The largest absolute Gasteiger partial charge is 0.497 e. The minimum atomic E-state index is -0.631. The number of nitrogens with one attached hydrogen (secondary N) is 1. The summed E-state index contributed by atoms with van der Waals surface area (Å²) in [4.78, 5) is 23.3. The summed E-state index contributed by atoms with van der Waals surface area (Å²) in [7, 11) is 1.62. The molecular weight excluding hydrogens is 427 g/mol. The van der Waals surface area contributed by atoms with Crippen LogP contribution in [0.5, 0.6) is 5.75 Å². The van der Waals surface area contributed by atoms with Crippen LogP contribution in [0.25, 0.3) is 0 Å². The lowest BCUT2D eigenvalue weighted by atomic mass is 9.93. The molecule has 2 atom stereocenters. The Morgan fingerprint density at radius 3 is 2.70 bits per heavy atom. The average Bonchev–Trinajstić information content (AvgIpc) is 3.63. The summed E-state index contributed by atoms with van der Waals surface area (Å²) in [5.74, 6) is 0.211. The number of likely N-dealkylation sites (tertiary alicyclic amines) is 1. The van der Waals surface area contributed by atoms with Crippen molar-refractivity contribution in [1.82, 2.24) is 14.9 Å². The number of rotatable bonds is 10. The number of anilines is 2. The zero-order valence-corrected chi connectivity index (χ0v) is 18.8. The average molecular weight is 459 g/mol. The second kappa shape index (κ2) is 10.3. The molecule has 1 amide bonds. The van der Waals surface area contributed by atoms with Crippen LogP contribution in [0.3, 0.4) is 0 Å². The number of aromatic nitrogens is 2. The van der Waals surface area contributed by atoms with Gasteiger partial charge in [-0.15, -0.1) is 0 Å². The van der Waals surface area contributed by atoms with Crippen LogP contribution >= 0.6 is 0 Å². The minimum Gasteiger partial charge on any atom is -0.497 e. The maximum absolute atomic E-state index is 15.4. The van der Waals surface area contributed by atoms with E-state index in [2.05, 4.69) is 15.3 Å². The summed E-state index contributed by atoms with van der Waals surface area (Å²) in [6.07, 6.45) is 3.41. The third-order valence-electron chi connectivity index (χ3n) is 6.26. The molecule has 1 aliphatic carbocycles. The Kier molecular flexibility index (Phi) is 7.24. The number of piperidine rings is 1. The number of benzene rings is 1. The third-order valence-corrected chi connectivity index (χ3v) is 6.26. The van der Waals surface area contributed by atoms with E-state index in [1.165, 1.54) is 6.33 Å². The molecule has 4 rings (SSSR count). The molecule has 9 nitrogen and oxygen atoms in total.